The number of nitrogens with two attached hydrogens (primary N) is 1. The summed E-state index contributed by atoms with van der Waals surface area (Å²) in [6.07, 6.45) is 2.04. The average Bonchev–Trinajstić information content (AvgIpc) is 2.43. The van der Waals surface area contributed by atoms with Crippen LogP contribution in [0.5, 0.6) is 0 Å². The largest absolute Gasteiger partial charge is 0.402 e. The smallest absolute Gasteiger partial charge is 0.164 e. The fraction of sp³-hybridized carbons (Fsp3) is 0.200. The van der Waals surface area contributed by atoms with Gasteiger partial charge >= 0.3 is 0 Å². The molecule has 0 spiro atoms. The van der Waals surface area contributed by atoms with Crippen LogP contribution in [-0.2, 0) is 5.60 Å². The fourth-order valence-corrected chi connectivity index (χ4v) is 2.11. The molecule has 0 saturated carbocycles. The van der Waals surface area contributed by atoms with Crippen LogP contribution in [0, 0.1) is 11.2 Å². The van der Waals surface area contributed by atoms with Gasteiger partial charge in [-0.3, -0.25) is 10.4 Å². The molecule has 0 saturated heterocycles. The summed E-state index contributed by atoms with van der Waals surface area (Å²) in [6, 6.07) is 4.00. The van der Waals surface area contributed by atoms with E-state index in [0.29, 0.717) is 17.1 Å². The molecule has 110 valence electrons. The molecule has 0 bridgehead atoms. The van der Waals surface area contributed by atoms with Crippen LogP contribution >= 0.6 is 0 Å². The number of halogens is 2. The Morgan fingerprint density at radius 1 is 1.43 bits per heavy atom. The third kappa shape index (κ3) is 2.75. The molecule has 4 N–H and O–H groups in total. The van der Waals surface area contributed by atoms with Crippen molar-refractivity contribution in [2.75, 3.05) is 0 Å². The molecule has 4 nitrogen and oxygen atoms in total. The highest BCUT2D eigenvalue weighted by Crippen LogP contribution is 2.29. The summed E-state index contributed by atoms with van der Waals surface area (Å²) in [4.78, 5) is 3.93. The van der Waals surface area contributed by atoms with Gasteiger partial charge < -0.3 is 10.8 Å². The van der Waals surface area contributed by atoms with E-state index in [1.54, 1.807) is 19.9 Å². The Morgan fingerprint density at radius 2 is 2.10 bits per heavy atom. The van der Waals surface area contributed by atoms with Gasteiger partial charge in [-0.05, 0) is 37.6 Å². The van der Waals surface area contributed by atoms with Gasteiger partial charge in [0.1, 0.15) is 11.3 Å². The number of hydrogen-bond acceptors (Lipinski definition) is 4. The Hall–Kier alpha value is -2.34. The third-order valence-corrected chi connectivity index (χ3v) is 3.13. The molecule has 0 radical (unpaired) electrons. The highest BCUT2D eigenvalue weighted by Gasteiger charge is 2.21. The van der Waals surface area contributed by atoms with Crippen molar-refractivity contribution < 1.29 is 13.9 Å². The number of pyridine rings is 1. The van der Waals surface area contributed by atoms with E-state index in [1.807, 2.05) is 0 Å². The van der Waals surface area contributed by atoms with E-state index >= 15 is 0 Å². The summed E-state index contributed by atoms with van der Waals surface area (Å²) in [5, 5.41) is 18.1. The first kappa shape index (κ1) is 15.1. The first-order valence-corrected chi connectivity index (χ1v) is 6.23. The van der Waals surface area contributed by atoms with Crippen molar-refractivity contribution in [3.05, 3.63) is 53.4 Å². The monoisotopic (exact) mass is 291 g/mol. The van der Waals surface area contributed by atoms with Crippen LogP contribution in [-0.4, -0.2) is 15.8 Å². The van der Waals surface area contributed by atoms with Gasteiger partial charge in [-0.1, -0.05) is 0 Å². The Bertz CT molecular complexity index is 748. The van der Waals surface area contributed by atoms with Crippen LogP contribution < -0.4 is 5.73 Å². The maximum Gasteiger partial charge on any atom is 0.164 e. The number of fused-ring (bicyclic) bond motifs is 1. The molecule has 2 aromatic rings. The summed E-state index contributed by atoms with van der Waals surface area (Å²) >= 11 is 0. The topological polar surface area (TPSA) is 83.0 Å². The van der Waals surface area contributed by atoms with Gasteiger partial charge in [-0.2, -0.15) is 0 Å². The molecule has 1 aromatic heterocycles. The molecule has 0 aliphatic rings. The van der Waals surface area contributed by atoms with Gasteiger partial charge in [-0.25, -0.2) is 8.78 Å². The van der Waals surface area contributed by atoms with Crippen molar-refractivity contribution in [1.29, 1.82) is 5.41 Å². The number of rotatable bonds is 3. The first-order chi connectivity index (χ1) is 9.75. The van der Waals surface area contributed by atoms with Crippen LogP contribution in [0.3, 0.4) is 0 Å². The molecule has 1 aromatic carbocycles. The van der Waals surface area contributed by atoms with E-state index in [4.69, 9.17) is 11.1 Å². The number of nitrogens with zero attached hydrogens (tertiary/aromatic N) is 1. The molecular formula is C15H15F2N3O. The maximum absolute atomic E-state index is 14.1. The van der Waals surface area contributed by atoms with Crippen LogP contribution in [0.1, 0.15) is 25.0 Å². The molecule has 0 fully saturated rings. The van der Waals surface area contributed by atoms with E-state index in [2.05, 4.69) is 4.98 Å². The lowest BCUT2D eigenvalue weighted by molar-refractivity contribution is 0.0801. The van der Waals surface area contributed by atoms with Gasteiger partial charge in [-0.15, -0.1) is 0 Å². The molecule has 0 amide bonds. The van der Waals surface area contributed by atoms with Crippen molar-refractivity contribution in [2.45, 2.75) is 19.4 Å². The predicted octanol–water partition coefficient (Wildman–Crippen LogP) is 2.74. The van der Waals surface area contributed by atoms with Crippen molar-refractivity contribution in [2.24, 2.45) is 5.73 Å². The molecule has 0 atom stereocenters. The van der Waals surface area contributed by atoms with Crippen LogP contribution in [0.4, 0.5) is 8.78 Å². The average molecular weight is 291 g/mol. The molecule has 6 heteroatoms. The highest BCUT2D eigenvalue weighted by molar-refractivity contribution is 6.10. The predicted molar refractivity (Wildman–Crippen MR) is 77.2 cm³/mol. The van der Waals surface area contributed by atoms with Gasteiger partial charge in [0.05, 0.1) is 11.3 Å². The highest BCUT2D eigenvalue weighted by atomic mass is 19.1. The van der Waals surface area contributed by atoms with Gasteiger partial charge in [0.2, 0.25) is 0 Å². The Labute approximate surface area is 120 Å². The van der Waals surface area contributed by atoms with E-state index in [-0.39, 0.29) is 11.1 Å². The lowest BCUT2D eigenvalue weighted by atomic mass is 9.93. The Morgan fingerprint density at radius 3 is 2.67 bits per heavy atom. The standard InChI is InChI=1S/C15H15F2N3O/c1-15(2,21)10-3-4-20-14-9(10)5-8(6-11(14)16)13(19)12(17)7-18/h3-7,19,21H,18H2,1-2H3/b12-7+,19-13?. The molecule has 21 heavy (non-hydrogen) atoms. The van der Waals surface area contributed by atoms with Crippen LogP contribution in [0.2, 0.25) is 0 Å². The van der Waals surface area contributed by atoms with Gasteiger partial charge in [0.15, 0.2) is 5.83 Å². The second-order valence-electron chi connectivity index (χ2n) is 5.16. The van der Waals surface area contributed by atoms with Gasteiger partial charge in [0, 0.05) is 23.3 Å². The molecule has 1 heterocycles. The minimum Gasteiger partial charge on any atom is -0.402 e. The zero-order chi connectivity index (χ0) is 15.8. The van der Waals surface area contributed by atoms with Crippen molar-refractivity contribution in [3.63, 3.8) is 0 Å². The SMILES string of the molecule is CC(C)(O)c1ccnc2c(F)cc(C(=N)/C(F)=C\N)cc12. The fourth-order valence-electron chi connectivity index (χ4n) is 2.11. The minimum atomic E-state index is -1.23. The quantitative estimate of drug-likeness (QED) is 0.760. The number of benzene rings is 1. The molecule has 2 rings (SSSR count). The van der Waals surface area contributed by atoms with E-state index < -0.39 is 23.0 Å². The number of nitrogens with one attached hydrogen (secondary N) is 1. The lowest BCUT2D eigenvalue weighted by Crippen LogP contribution is -2.16. The van der Waals surface area contributed by atoms with E-state index in [9.17, 15) is 13.9 Å². The summed E-state index contributed by atoms with van der Waals surface area (Å²) in [7, 11) is 0. The van der Waals surface area contributed by atoms with Crippen LogP contribution in [0.15, 0.2) is 36.4 Å². The maximum atomic E-state index is 14.1. The lowest BCUT2D eigenvalue weighted by Gasteiger charge is -2.20. The van der Waals surface area contributed by atoms with Crippen molar-refractivity contribution >= 4 is 16.6 Å². The normalized spacial score (nSPS) is 12.7. The first-order valence-electron chi connectivity index (χ1n) is 6.23. The third-order valence-electron chi connectivity index (χ3n) is 3.13. The summed E-state index contributed by atoms with van der Waals surface area (Å²) in [6.45, 7) is 3.11. The molecule has 0 aliphatic carbocycles. The summed E-state index contributed by atoms with van der Waals surface area (Å²) in [5.74, 6) is -1.65. The Balaban J connectivity index is 2.77. The Kier molecular flexibility index (Phi) is 3.74. The van der Waals surface area contributed by atoms with E-state index in [0.717, 1.165) is 6.07 Å². The summed E-state index contributed by atoms with van der Waals surface area (Å²) in [5.41, 5.74) is 3.81. The number of hydrogen-bond donors (Lipinski definition) is 3. The van der Waals surface area contributed by atoms with E-state index in [1.165, 1.54) is 12.3 Å². The second kappa shape index (κ2) is 5.21. The minimum absolute atomic E-state index is 0.0256. The number of allylic oxidation sites excluding steroid dienone is 1. The van der Waals surface area contributed by atoms with Gasteiger partial charge in [0.25, 0.3) is 0 Å². The van der Waals surface area contributed by atoms with Crippen molar-refractivity contribution in [1.82, 2.24) is 4.98 Å². The zero-order valence-corrected chi connectivity index (χ0v) is 11.6. The molecular weight excluding hydrogens is 276 g/mol. The molecule has 0 aliphatic heterocycles. The van der Waals surface area contributed by atoms with Crippen molar-refractivity contribution in [3.8, 4) is 0 Å². The molecule has 0 unspecified atom stereocenters. The second-order valence-corrected chi connectivity index (χ2v) is 5.16. The number of aromatic nitrogens is 1. The summed E-state index contributed by atoms with van der Waals surface area (Å²) < 4.78 is 27.5. The zero-order valence-electron chi connectivity index (χ0n) is 11.6. The van der Waals surface area contributed by atoms with Crippen LogP contribution in [0.25, 0.3) is 10.9 Å². The number of aliphatic hydroxyl groups is 1.